The van der Waals surface area contributed by atoms with E-state index in [0.717, 1.165) is 18.9 Å². The molecule has 0 bridgehead atoms. The second-order valence-corrected chi connectivity index (χ2v) is 8.53. The molecule has 2 atom stereocenters. The Kier molecular flexibility index (Phi) is 7.65. The normalized spacial score (nSPS) is 16.6. The van der Waals surface area contributed by atoms with Crippen molar-refractivity contribution in [2.24, 2.45) is 5.92 Å². The smallest absolute Gasteiger partial charge is 0.255 e. The molecule has 0 saturated carbocycles. The van der Waals surface area contributed by atoms with Crippen molar-refractivity contribution in [2.75, 3.05) is 13.1 Å². The van der Waals surface area contributed by atoms with E-state index >= 15 is 0 Å². The fourth-order valence-electron chi connectivity index (χ4n) is 3.95. The van der Waals surface area contributed by atoms with Crippen LogP contribution < -0.4 is 5.32 Å². The Balaban J connectivity index is 1.68. The lowest BCUT2D eigenvalue weighted by molar-refractivity contribution is -0.135. The fraction of sp³-hybridized carbons (Fsp3) is 0.417. The molecule has 1 fully saturated rings. The average molecular weight is 449 g/mol. The number of piperidine rings is 1. The van der Waals surface area contributed by atoms with E-state index in [1.54, 1.807) is 4.90 Å². The molecule has 1 heterocycles. The maximum absolute atomic E-state index is 14.0. The average Bonchev–Trinajstić information content (AvgIpc) is 2.79. The number of hydrogen-bond acceptors (Lipinski definition) is 2. The minimum Gasteiger partial charge on any atom is -0.341 e. The van der Waals surface area contributed by atoms with Crippen molar-refractivity contribution in [3.63, 3.8) is 0 Å². The zero-order valence-corrected chi connectivity index (χ0v) is 18.5. The minimum absolute atomic E-state index is 0.151. The Bertz CT molecular complexity index is 928. The summed E-state index contributed by atoms with van der Waals surface area (Å²) in [5.74, 6) is -3.08. The molecule has 4 nitrogen and oxygen atoms in total. The quantitative estimate of drug-likeness (QED) is 0.662. The van der Waals surface area contributed by atoms with Crippen LogP contribution in [0.5, 0.6) is 0 Å². The molecule has 0 aliphatic carbocycles. The third kappa shape index (κ3) is 5.42. The van der Waals surface area contributed by atoms with Gasteiger partial charge in [0.15, 0.2) is 11.6 Å². The van der Waals surface area contributed by atoms with Crippen LogP contribution in [-0.4, -0.2) is 35.8 Å². The zero-order valence-electron chi connectivity index (χ0n) is 17.7. The monoisotopic (exact) mass is 448 g/mol. The number of benzene rings is 2. The van der Waals surface area contributed by atoms with Crippen LogP contribution >= 0.6 is 11.6 Å². The van der Waals surface area contributed by atoms with Crippen molar-refractivity contribution in [2.45, 2.75) is 45.1 Å². The van der Waals surface area contributed by atoms with Gasteiger partial charge in [-0.2, -0.15) is 0 Å². The van der Waals surface area contributed by atoms with Crippen LogP contribution in [0, 0.1) is 17.6 Å². The van der Waals surface area contributed by atoms with Gasteiger partial charge in [-0.05, 0) is 54.5 Å². The van der Waals surface area contributed by atoms with Gasteiger partial charge in [-0.15, -0.1) is 0 Å². The van der Waals surface area contributed by atoms with E-state index in [1.165, 1.54) is 17.7 Å². The second-order valence-electron chi connectivity index (χ2n) is 8.09. The highest BCUT2D eigenvalue weighted by molar-refractivity contribution is 6.30. The lowest BCUT2D eigenvalue weighted by Gasteiger charge is -2.36. The Labute approximate surface area is 186 Å². The maximum Gasteiger partial charge on any atom is 0.255 e. The molecule has 7 heteroatoms. The molecular formula is C24H27ClF2N2O2. The minimum atomic E-state index is -1.21. The molecule has 3 rings (SSSR count). The van der Waals surface area contributed by atoms with Gasteiger partial charge in [0.1, 0.15) is 6.04 Å². The van der Waals surface area contributed by atoms with E-state index in [9.17, 15) is 18.4 Å². The molecule has 0 unspecified atom stereocenters. The SMILES string of the molecule is CC[C@H](C)[C@@H](NC(=O)c1cccc(F)c1F)C(=O)N1CCC(c2ccc(Cl)cc2)CC1. The molecule has 0 spiro atoms. The van der Waals surface area contributed by atoms with Gasteiger partial charge < -0.3 is 10.2 Å². The number of nitrogens with one attached hydrogen (secondary N) is 1. The number of likely N-dealkylation sites (tertiary alicyclic amines) is 1. The summed E-state index contributed by atoms with van der Waals surface area (Å²) in [6.07, 6.45) is 2.28. The Morgan fingerprint density at radius 2 is 1.77 bits per heavy atom. The van der Waals surface area contributed by atoms with Crippen molar-refractivity contribution in [1.82, 2.24) is 10.2 Å². The first-order valence-corrected chi connectivity index (χ1v) is 11.0. The summed E-state index contributed by atoms with van der Waals surface area (Å²) in [6, 6.07) is 10.4. The van der Waals surface area contributed by atoms with Crippen molar-refractivity contribution in [3.8, 4) is 0 Å². The van der Waals surface area contributed by atoms with Crippen molar-refractivity contribution in [1.29, 1.82) is 0 Å². The lowest BCUT2D eigenvalue weighted by Crippen LogP contribution is -2.53. The second kappa shape index (κ2) is 10.2. The molecule has 166 valence electrons. The van der Waals surface area contributed by atoms with Gasteiger partial charge >= 0.3 is 0 Å². The number of nitrogens with zero attached hydrogens (tertiary/aromatic N) is 1. The van der Waals surface area contributed by atoms with Crippen LogP contribution in [0.25, 0.3) is 0 Å². The molecule has 1 N–H and O–H groups in total. The lowest BCUT2D eigenvalue weighted by atomic mass is 9.88. The summed E-state index contributed by atoms with van der Waals surface area (Å²) in [5, 5.41) is 3.34. The van der Waals surface area contributed by atoms with Crippen molar-refractivity contribution >= 4 is 23.4 Å². The van der Waals surface area contributed by atoms with Gasteiger partial charge in [0.25, 0.3) is 5.91 Å². The van der Waals surface area contributed by atoms with Gasteiger partial charge in [-0.25, -0.2) is 8.78 Å². The van der Waals surface area contributed by atoms with Crippen LogP contribution in [0.4, 0.5) is 8.78 Å². The topological polar surface area (TPSA) is 49.4 Å². The van der Waals surface area contributed by atoms with Gasteiger partial charge in [0.05, 0.1) is 5.56 Å². The zero-order chi connectivity index (χ0) is 22.5. The Morgan fingerprint density at radius 1 is 1.13 bits per heavy atom. The molecule has 2 aromatic carbocycles. The molecule has 2 amide bonds. The predicted molar refractivity (Wildman–Crippen MR) is 117 cm³/mol. The largest absolute Gasteiger partial charge is 0.341 e. The first-order chi connectivity index (χ1) is 14.8. The van der Waals surface area contributed by atoms with Gasteiger partial charge in [-0.1, -0.05) is 50.1 Å². The highest BCUT2D eigenvalue weighted by Gasteiger charge is 2.33. The summed E-state index contributed by atoms with van der Waals surface area (Å²) in [5.41, 5.74) is 0.799. The summed E-state index contributed by atoms with van der Waals surface area (Å²) in [6.45, 7) is 4.93. The summed E-state index contributed by atoms with van der Waals surface area (Å²) in [7, 11) is 0. The standard InChI is InChI=1S/C24H27ClF2N2O2/c1-3-15(2)22(28-23(30)19-5-4-6-20(26)21(19)27)24(31)29-13-11-17(12-14-29)16-7-9-18(25)10-8-16/h4-10,15,17,22H,3,11-14H2,1-2H3,(H,28,30)/t15-,22+/m0/s1. The predicted octanol–water partition coefficient (Wildman–Crippen LogP) is 5.17. The van der Waals surface area contributed by atoms with E-state index in [2.05, 4.69) is 5.32 Å². The molecule has 1 aliphatic rings. The maximum atomic E-state index is 14.0. The third-order valence-corrected chi connectivity index (χ3v) is 6.36. The molecule has 0 radical (unpaired) electrons. The third-order valence-electron chi connectivity index (χ3n) is 6.11. The fourth-order valence-corrected chi connectivity index (χ4v) is 4.07. The van der Waals surface area contributed by atoms with Crippen molar-refractivity contribution in [3.05, 3.63) is 70.2 Å². The first-order valence-electron chi connectivity index (χ1n) is 10.6. The number of halogens is 3. The van der Waals surface area contributed by atoms with E-state index in [1.807, 2.05) is 38.1 Å². The number of hydrogen-bond donors (Lipinski definition) is 1. The van der Waals surface area contributed by atoms with E-state index in [-0.39, 0.29) is 11.8 Å². The van der Waals surface area contributed by atoms with Crippen LogP contribution in [0.1, 0.15) is 54.9 Å². The highest BCUT2D eigenvalue weighted by Crippen LogP contribution is 2.29. The van der Waals surface area contributed by atoms with Crippen LogP contribution in [0.3, 0.4) is 0 Å². The number of amides is 2. The molecule has 31 heavy (non-hydrogen) atoms. The van der Waals surface area contributed by atoms with E-state index in [4.69, 9.17) is 11.6 Å². The molecule has 0 aromatic heterocycles. The van der Waals surface area contributed by atoms with Crippen LogP contribution in [0.2, 0.25) is 5.02 Å². The van der Waals surface area contributed by atoms with Gasteiger partial charge in [0, 0.05) is 18.1 Å². The number of rotatable bonds is 6. The van der Waals surface area contributed by atoms with E-state index in [0.29, 0.717) is 30.5 Å². The number of carbonyl (C=O) groups excluding carboxylic acids is 2. The van der Waals surface area contributed by atoms with Crippen molar-refractivity contribution < 1.29 is 18.4 Å². The molecular weight excluding hydrogens is 422 g/mol. The number of carbonyl (C=O) groups is 2. The molecule has 1 saturated heterocycles. The summed E-state index contributed by atoms with van der Waals surface area (Å²) >= 11 is 5.97. The van der Waals surface area contributed by atoms with E-state index < -0.39 is 29.1 Å². The summed E-state index contributed by atoms with van der Waals surface area (Å²) in [4.78, 5) is 27.6. The molecule has 1 aliphatic heterocycles. The molecule has 2 aromatic rings. The van der Waals surface area contributed by atoms with Crippen LogP contribution in [-0.2, 0) is 4.79 Å². The van der Waals surface area contributed by atoms with Crippen LogP contribution in [0.15, 0.2) is 42.5 Å². The Hall–Kier alpha value is -2.47. The highest BCUT2D eigenvalue weighted by atomic mass is 35.5. The Morgan fingerprint density at radius 3 is 2.39 bits per heavy atom. The first kappa shape index (κ1) is 23.2. The van der Waals surface area contributed by atoms with Gasteiger partial charge in [-0.3, -0.25) is 9.59 Å². The summed E-state index contributed by atoms with van der Waals surface area (Å²) < 4.78 is 27.5. The van der Waals surface area contributed by atoms with Gasteiger partial charge in [0.2, 0.25) is 5.91 Å².